The molecule has 2 nitrogen and oxygen atoms in total. The molecule has 0 aromatic carbocycles. The van der Waals surface area contributed by atoms with Gasteiger partial charge in [-0.25, -0.2) is 4.98 Å². The van der Waals surface area contributed by atoms with E-state index in [2.05, 4.69) is 16.3 Å². The van der Waals surface area contributed by atoms with E-state index in [9.17, 15) is 0 Å². The van der Waals surface area contributed by atoms with Gasteiger partial charge in [0.2, 0.25) is 0 Å². The van der Waals surface area contributed by atoms with E-state index in [1.807, 2.05) is 6.92 Å². The number of aryl methyl sites for hydroxylation is 1. The molecule has 0 radical (unpaired) electrons. The molecule has 4 heteroatoms. The van der Waals surface area contributed by atoms with Crippen LogP contribution in [0.2, 0.25) is 0 Å². The Balaban J connectivity index is 2.52. The Morgan fingerprint density at radius 2 is 2.33 bits per heavy atom. The molecule has 0 aliphatic carbocycles. The first-order valence-electron chi connectivity index (χ1n) is 4.18. The molecule has 0 N–H and O–H groups in total. The molecule has 0 saturated carbocycles. The van der Waals surface area contributed by atoms with Crippen LogP contribution in [0, 0.1) is 0 Å². The van der Waals surface area contributed by atoms with Gasteiger partial charge in [-0.1, -0.05) is 6.92 Å². The lowest BCUT2D eigenvalue weighted by molar-refractivity contribution is 0.839. The Morgan fingerprint density at radius 1 is 1.58 bits per heavy atom. The predicted molar refractivity (Wildman–Crippen MR) is 52.9 cm³/mol. The molecule has 1 heterocycles. The average Bonchev–Trinajstić information content (AvgIpc) is 2.36. The Morgan fingerprint density at radius 3 is 2.92 bits per heavy atom. The summed E-state index contributed by atoms with van der Waals surface area (Å²) < 4.78 is 4.23. The fourth-order valence-electron chi connectivity index (χ4n) is 0.939. The maximum atomic E-state index is 5.84. The van der Waals surface area contributed by atoms with Crippen molar-refractivity contribution >= 4 is 23.1 Å². The summed E-state index contributed by atoms with van der Waals surface area (Å²) in [5.74, 6) is 0.967. The summed E-state index contributed by atoms with van der Waals surface area (Å²) in [5.41, 5.74) is 0. The van der Waals surface area contributed by atoms with Crippen LogP contribution in [0.3, 0.4) is 0 Å². The molecule has 0 aliphatic rings. The molecule has 0 amide bonds. The number of nitrogens with zero attached hydrogens (tertiary/aromatic N) is 2. The van der Waals surface area contributed by atoms with Crippen molar-refractivity contribution < 1.29 is 0 Å². The van der Waals surface area contributed by atoms with Crippen molar-refractivity contribution in [2.75, 3.05) is 0 Å². The highest BCUT2D eigenvalue weighted by Gasteiger charge is 2.05. The third-order valence-corrected chi connectivity index (χ3v) is 2.36. The second-order valence-corrected chi connectivity index (χ2v) is 4.42. The summed E-state index contributed by atoms with van der Waals surface area (Å²) in [6, 6.07) is 0. The molecule has 0 spiro atoms. The Bertz CT molecular complexity index is 235. The summed E-state index contributed by atoms with van der Waals surface area (Å²) >= 11 is 7.31. The third kappa shape index (κ3) is 3.07. The average molecular weight is 205 g/mol. The van der Waals surface area contributed by atoms with E-state index in [4.69, 9.17) is 11.6 Å². The van der Waals surface area contributed by atoms with Crippen LogP contribution in [-0.4, -0.2) is 14.7 Å². The van der Waals surface area contributed by atoms with Crippen LogP contribution in [-0.2, 0) is 12.8 Å². The smallest absolute Gasteiger partial charge is 0.142 e. The number of alkyl halides is 1. The molecule has 1 aromatic rings. The monoisotopic (exact) mass is 204 g/mol. The van der Waals surface area contributed by atoms with Gasteiger partial charge in [-0.2, -0.15) is 4.37 Å². The molecule has 68 valence electrons. The van der Waals surface area contributed by atoms with Gasteiger partial charge in [-0.15, -0.1) is 11.6 Å². The number of aromatic nitrogens is 2. The van der Waals surface area contributed by atoms with Crippen LogP contribution >= 0.6 is 23.1 Å². The molecule has 1 aromatic heterocycles. The molecule has 0 aliphatic heterocycles. The molecule has 1 atom stereocenters. The fraction of sp³-hybridized carbons (Fsp3) is 0.750. The maximum Gasteiger partial charge on any atom is 0.142 e. The van der Waals surface area contributed by atoms with Crippen LogP contribution in [0.1, 0.15) is 31.1 Å². The van der Waals surface area contributed by atoms with E-state index in [0.717, 1.165) is 30.1 Å². The zero-order valence-electron chi connectivity index (χ0n) is 7.38. The molecule has 1 rings (SSSR count). The lowest BCUT2D eigenvalue weighted by Gasteiger charge is -1.95. The van der Waals surface area contributed by atoms with Crippen LogP contribution in [0.25, 0.3) is 0 Å². The number of hydrogen-bond donors (Lipinski definition) is 0. The van der Waals surface area contributed by atoms with Gasteiger partial charge in [-0.05, 0) is 24.9 Å². The van der Waals surface area contributed by atoms with E-state index < -0.39 is 0 Å². The first-order chi connectivity index (χ1) is 5.72. The van der Waals surface area contributed by atoms with Crippen LogP contribution in [0.15, 0.2) is 0 Å². The minimum atomic E-state index is 0.160. The van der Waals surface area contributed by atoms with E-state index in [-0.39, 0.29) is 5.38 Å². The largest absolute Gasteiger partial charge is 0.225 e. The zero-order valence-corrected chi connectivity index (χ0v) is 8.95. The highest BCUT2D eigenvalue weighted by atomic mass is 35.5. The quantitative estimate of drug-likeness (QED) is 0.705. The van der Waals surface area contributed by atoms with Gasteiger partial charge >= 0.3 is 0 Å². The third-order valence-electron chi connectivity index (χ3n) is 1.44. The predicted octanol–water partition coefficient (Wildman–Crippen LogP) is 2.66. The summed E-state index contributed by atoms with van der Waals surface area (Å²) in [5, 5.41) is 1.22. The van der Waals surface area contributed by atoms with Crippen molar-refractivity contribution in [3.63, 3.8) is 0 Å². The van der Waals surface area contributed by atoms with Gasteiger partial charge in [0, 0.05) is 18.2 Å². The molecular formula is C8H13ClN2S. The van der Waals surface area contributed by atoms with E-state index >= 15 is 0 Å². The molecule has 0 fully saturated rings. The normalized spacial score (nSPS) is 13.2. The minimum absolute atomic E-state index is 0.160. The molecule has 1 unspecified atom stereocenters. The van der Waals surface area contributed by atoms with Crippen LogP contribution < -0.4 is 0 Å². The fourth-order valence-corrected chi connectivity index (χ4v) is 1.99. The number of hydrogen-bond acceptors (Lipinski definition) is 3. The molecule has 0 saturated heterocycles. The van der Waals surface area contributed by atoms with E-state index in [0.29, 0.717) is 0 Å². The second-order valence-electron chi connectivity index (χ2n) is 2.84. The van der Waals surface area contributed by atoms with Gasteiger partial charge in [0.05, 0.1) is 0 Å². The van der Waals surface area contributed by atoms with E-state index in [1.165, 1.54) is 11.5 Å². The highest BCUT2D eigenvalue weighted by molar-refractivity contribution is 7.05. The lowest BCUT2D eigenvalue weighted by Crippen LogP contribution is -1.96. The standard InChI is InChI=1S/C8H13ClN2S/c1-3-4-7-10-8(12-11-7)5-6(2)9/h6H,3-5H2,1-2H3. The Kier molecular flexibility index (Phi) is 3.95. The second kappa shape index (κ2) is 4.77. The van der Waals surface area contributed by atoms with Crippen molar-refractivity contribution in [3.8, 4) is 0 Å². The topological polar surface area (TPSA) is 25.8 Å². The molecule has 12 heavy (non-hydrogen) atoms. The van der Waals surface area contributed by atoms with Gasteiger partial charge < -0.3 is 0 Å². The number of rotatable bonds is 4. The van der Waals surface area contributed by atoms with Crippen molar-refractivity contribution in [2.45, 2.75) is 38.5 Å². The van der Waals surface area contributed by atoms with Gasteiger partial charge in [-0.3, -0.25) is 0 Å². The van der Waals surface area contributed by atoms with Crippen molar-refractivity contribution in [2.24, 2.45) is 0 Å². The van der Waals surface area contributed by atoms with Gasteiger partial charge in [0.1, 0.15) is 10.8 Å². The van der Waals surface area contributed by atoms with Crippen LogP contribution in [0.5, 0.6) is 0 Å². The summed E-state index contributed by atoms with van der Waals surface area (Å²) in [6.07, 6.45) is 2.92. The van der Waals surface area contributed by atoms with Gasteiger partial charge in [0.15, 0.2) is 0 Å². The maximum absolute atomic E-state index is 5.84. The van der Waals surface area contributed by atoms with E-state index in [1.54, 1.807) is 0 Å². The Labute approximate surface area is 82.1 Å². The zero-order chi connectivity index (χ0) is 8.97. The minimum Gasteiger partial charge on any atom is -0.225 e. The lowest BCUT2D eigenvalue weighted by atomic mass is 10.3. The SMILES string of the molecule is CCCc1nsc(CC(C)Cl)n1. The van der Waals surface area contributed by atoms with Crippen molar-refractivity contribution in [3.05, 3.63) is 10.8 Å². The molecular weight excluding hydrogens is 192 g/mol. The van der Waals surface area contributed by atoms with Crippen molar-refractivity contribution in [1.29, 1.82) is 0 Å². The van der Waals surface area contributed by atoms with Gasteiger partial charge in [0.25, 0.3) is 0 Å². The first kappa shape index (κ1) is 9.93. The first-order valence-corrected chi connectivity index (χ1v) is 5.39. The Hall–Kier alpha value is -0.150. The summed E-state index contributed by atoms with van der Waals surface area (Å²) in [7, 11) is 0. The summed E-state index contributed by atoms with van der Waals surface area (Å²) in [4.78, 5) is 4.36. The summed E-state index contributed by atoms with van der Waals surface area (Å²) in [6.45, 7) is 4.10. The van der Waals surface area contributed by atoms with Crippen LogP contribution in [0.4, 0.5) is 0 Å². The van der Waals surface area contributed by atoms with Crippen molar-refractivity contribution in [1.82, 2.24) is 9.36 Å². The molecule has 0 bridgehead atoms. The number of halogens is 1. The highest BCUT2D eigenvalue weighted by Crippen LogP contribution is 2.11.